The fraction of sp³-hybridized carbons (Fsp3) is 0.125. The van der Waals surface area contributed by atoms with E-state index in [4.69, 9.17) is 0 Å². The lowest BCUT2D eigenvalue weighted by molar-refractivity contribution is -0.118. The molecule has 0 aliphatic rings. The molecule has 0 spiro atoms. The maximum Gasteiger partial charge on any atom is 0.230 e. The normalized spacial score (nSPS) is 10.7. The number of nitrogens with zero attached hydrogens (tertiary/aromatic N) is 3. The summed E-state index contributed by atoms with van der Waals surface area (Å²) in [5, 5.41) is 22.4. The molecular weight excluding hydrogens is 408 g/mol. The van der Waals surface area contributed by atoms with Gasteiger partial charge in [-0.25, -0.2) is 0 Å². The third kappa shape index (κ3) is 5.13. The predicted molar refractivity (Wildman–Crippen MR) is 122 cm³/mol. The number of amides is 1. The van der Waals surface area contributed by atoms with E-state index in [-0.39, 0.29) is 17.4 Å². The molecule has 4 rings (SSSR count). The summed E-state index contributed by atoms with van der Waals surface area (Å²) in [6, 6.07) is 26.7. The molecule has 156 valence electrons. The van der Waals surface area contributed by atoms with E-state index in [9.17, 15) is 9.90 Å². The van der Waals surface area contributed by atoms with Crippen molar-refractivity contribution in [2.45, 2.75) is 11.6 Å². The van der Waals surface area contributed by atoms with Crippen molar-refractivity contribution in [1.82, 2.24) is 20.1 Å². The Morgan fingerprint density at radius 3 is 2.32 bits per heavy atom. The minimum atomic E-state index is -0.0624. The monoisotopic (exact) mass is 430 g/mol. The number of nitrogens with one attached hydrogen (secondary N) is 1. The van der Waals surface area contributed by atoms with E-state index in [1.54, 1.807) is 18.2 Å². The molecule has 7 heteroatoms. The molecule has 4 aromatic rings. The van der Waals surface area contributed by atoms with Gasteiger partial charge in [0, 0.05) is 12.2 Å². The number of thioether (sulfide) groups is 1. The SMILES string of the molecule is O=C(CSc1nnc(-c2ccccc2O)n1-c1ccccc1)NCCc1ccccc1. The molecule has 0 fully saturated rings. The van der Waals surface area contributed by atoms with Gasteiger partial charge in [0.25, 0.3) is 0 Å². The maximum atomic E-state index is 12.4. The van der Waals surface area contributed by atoms with Gasteiger partial charge in [0.05, 0.1) is 11.3 Å². The summed E-state index contributed by atoms with van der Waals surface area (Å²) in [6.45, 7) is 0.581. The van der Waals surface area contributed by atoms with Crippen LogP contribution in [0.3, 0.4) is 0 Å². The van der Waals surface area contributed by atoms with Gasteiger partial charge in [-0.1, -0.05) is 72.4 Å². The van der Waals surface area contributed by atoms with Gasteiger partial charge in [0.2, 0.25) is 5.91 Å². The minimum Gasteiger partial charge on any atom is -0.507 e. The number of rotatable bonds is 8. The Bertz CT molecular complexity index is 1150. The fourth-order valence-corrected chi connectivity index (χ4v) is 3.96. The van der Waals surface area contributed by atoms with Crippen LogP contribution in [0.5, 0.6) is 5.75 Å². The number of benzene rings is 3. The predicted octanol–water partition coefficient (Wildman–Crippen LogP) is 4.09. The van der Waals surface area contributed by atoms with Crippen LogP contribution in [0.2, 0.25) is 0 Å². The summed E-state index contributed by atoms with van der Waals surface area (Å²) >= 11 is 1.31. The zero-order chi connectivity index (χ0) is 21.5. The third-order valence-corrected chi connectivity index (χ3v) is 5.63. The van der Waals surface area contributed by atoms with E-state index in [0.717, 1.165) is 12.1 Å². The standard InChI is InChI=1S/C24H22N4O2S/c29-21-14-8-7-13-20(21)23-26-27-24(28(23)19-11-5-2-6-12-19)31-17-22(30)25-16-15-18-9-3-1-4-10-18/h1-14,29H,15-17H2,(H,25,30). The first-order chi connectivity index (χ1) is 15.2. The molecular formula is C24H22N4O2S. The number of aromatic nitrogens is 3. The van der Waals surface area contributed by atoms with Crippen molar-refractivity contribution in [3.63, 3.8) is 0 Å². The Kier molecular flexibility index (Phi) is 6.64. The molecule has 6 nitrogen and oxygen atoms in total. The number of phenolic OH excluding ortho intramolecular Hbond substituents is 1. The highest BCUT2D eigenvalue weighted by Crippen LogP contribution is 2.32. The van der Waals surface area contributed by atoms with Crippen molar-refractivity contribution in [2.75, 3.05) is 12.3 Å². The summed E-state index contributed by atoms with van der Waals surface area (Å²) in [6.07, 6.45) is 0.787. The Hall–Kier alpha value is -3.58. The Labute approximate surface area is 185 Å². The summed E-state index contributed by atoms with van der Waals surface area (Å²) in [5.74, 6) is 0.812. The van der Waals surface area contributed by atoms with Crippen LogP contribution in [0.4, 0.5) is 0 Å². The van der Waals surface area contributed by atoms with Gasteiger partial charge in [-0.3, -0.25) is 9.36 Å². The lowest BCUT2D eigenvalue weighted by Gasteiger charge is -2.11. The van der Waals surface area contributed by atoms with Gasteiger partial charge in [-0.2, -0.15) is 0 Å². The first-order valence-electron chi connectivity index (χ1n) is 9.95. The quantitative estimate of drug-likeness (QED) is 0.412. The molecule has 0 aliphatic carbocycles. The lowest BCUT2D eigenvalue weighted by Crippen LogP contribution is -2.27. The largest absolute Gasteiger partial charge is 0.507 e. The molecule has 31 heavy (non-hydrogen) atoms. The highest BCUT2D eigenvalue weighted by atomic mass is 32.2. The highest BCUT2D eigenvalue weighted by molar-refractivity contribution is 7.99. The van der Waals surface area contributed by atoms with E-state index < -0.39 is 0 Å². The van der Waals surface area contributed by atoms with Crippen LogP contribution >= 0.6 is 11.8 Å². The second-order valence-corrected chi connectivity index (χ2v) is 7.81. The van der Waals surface area contributed by atoms with Gasteiger partial charge >= 0.3 is 0 Å². The van der Waals surface area contributed by atoms with Crippen LogP contribution in [-0.4, -0.2) is 38.1 Å². The Balaban J connectivity index is 1.48. The van der Waals surface area contributed by atoms with E-state index >= 15 is 0 Å². The number of carbonyl (C=O) groups is 1. The molecule has 1 heterocycles. The summed E-state index contributed by atoms with van der Waals surface area (Å²) in [7, 11) is 0. The topological polar surface area (TPSA) is 80.0 Å². The molecule has 0 saturated heterocycles. The third-order valence-electron chi connectivity index (χ3n) is 4.70. The van der Waals surface area contributed by atoms with Crippen LogP contribution in [-0.2, 0) is 11.2 Å². The van der Waals surface area contributed by atoms with Crippen molar-refractivity contribution in [3.05, 3.63) is 90.5 Å². The van der Waals surface area contributed by atoms with Crippen molar-refractivity contribution in [2.24, 2.45) is 0 Å². The van der Waals surface area contributed by atoms with E-state index in [1.807, 2.05) is 71.3 Å². The second-order valence-electron chi connectivity index (χ2n) is 6.87. The van der Waals surface area contributed by atoms with Crippen molar-refractivity contribution in [1.29, 1.82) is 0 Å². The van der Waals surface area contributed by atoms with E-state index in [0.29, 0.717) is 23.1 Å². The Morgan fingerprint density at radius 1 is 0.903 bits per heavy atom. The molecule has 1 aromatic heterocycles. The minimum absolute atomic E-state index is 0.0624. The smallest absolute Gasteiger partial charge is 0.230 e. The summed E-state index contributed by atoms with van der Waals surface area (Å²) in [5.41, 5.74) is 2.63. The lowest BCUT2D eigenvalue weighted by atomic mass is 10.1. The average molecular weight is 431 g/mol. The molecule has 0 aliphatic heterocycles. The number of carbonyl (C=O) groups excluding carboxylic acids is 1. The molecule has 0 radical (unpaired) electrons. The number of para-hydroxylation sites is 2. The zero-order valence-electron chi connectivity index (χ0n) is 16.8. The molecule has 0 unspecified atom stereocenters. The second kappa shape index (κ2) is 9.95. The molecule has 0 atom stereocenters. The van der Waals surface area contributed by atoms with Gasteiger partial charge in [0.15, 0.2) is 11.0 Å². The van der Waals surface area contributed by atoms with Gasteiger partial charge in [-0.15, -0.1) is 10.2 Å². The average Bonchev–Trinajstić information content (AvgIpc) is 3.23. The van der Waals surface area contributed by atoms with Crippen LogP contribution in [0.25, 0.3) is 17.1 Å². The van der Waals surface area contributed by atoms with Crippen LogP contribution in [0.15, 0.2) is 90.1 Å². The van der Waals surface area contributed by atoms with Crippen LogP contribution < -0.4 is 5.32 Å². The molecule has 0 bridgehead atoms. The van der Waals surface area contributed by atoms with Crippen molar-refractivity contribution < 1.29 is 9.90 Å². The van der Waals surface area contributed by atoms with E-state index in [2.05, 4.69) is 15.5 Å². The van der Waals surface area contributed by atoms with E-state index in [1.165, 1.54) is 17.3 Å². The highest BCUT2D eigenvalue weighted by Gasteiger charge is 2.19. The first-order valence-corrected chi connectivity index (χ1v) is 10.9. The zero-order valence-corrected chi connectivity index (χ0v) is 17.6. The first kappa shape index (κ1) is 20.7. The number of aromatic hydroxyl groups is 1. The van der Waals surface area contributed by atoms with Crippen molar-refractivity contribution in [3.8, 4) is 22.8 Å². The van der Waals surface area contributed by atoms with Crippen LogP contribution in [0.1, 0.15) is 5.56 Å². The molecule has 0 saturated carbocycles. The molecule has 3 aromatic carbocycles. The molecule has 1 amide bonds. The summed E-state index contributed by atoms with van der Waals surface area (Å²) < 4.78 is 1.86. The number of hydrogen-bond acceptors (Lipinski definition) is 5. The molecule has 2 N–H and O–H groups in total. The van der Waals surface area contributed by atoms with Gasteiger partial charge < -0.3 is 10.4 Å². The summed E-state index contributed by atoms with van der Waals surface area (Å²) in [4.78, 5) is 12.4. The van der Waals surface area contributed by atoms with Crippen molar-refractivity contribution >= 4 is 17.7 Å². The van der Waals surface area contributed by atoms with Gasteiger partial charge in [-0.05, 0) is 36.2 Å². The fourth-order valence-electron chi connectivity index (χ4n) is 3.18. The van der Waals surface area contributed by atoms with Gasteiger partial charge in [0.1, 0.15) is 5.75 Å². The van der Waals surface area contributed by atoms with Crippen LogP contribution in [0, 0.1) is 0 Å². The Morgan fingerprint density at radius 2 is 1.58 bits per heavy atom. The maximum absolute atomic E-state index is 12.4. The number of hydrogen-bond donors (Lipinski definition) is 2. The number of phenols is 1.